The number of benzene rings is 2. The molecule has 0 fully saturated rings. The van der Waals surface area contributed by atoms with E-state index in [1.54, 1.807) is 36.4 Å². The number of fused-ring (bicyclic) bond motifs is 1. The van der Waals surface area contributed by atoms with Crippen LogP contribution in [0.3, 0.4) is 0 Å². The van der Waals surface area contributed by atoms with E-state index in [4.69, 9.17) is 9.47 Å². The lowest BCUT2D eigenvalue weighted by atomic mass is 10.1. The topological polar surface area (TPSA) is 112 Å². The summed E-state index contributed by atoms with van der Waals surface area (Å²) in [6.07, 6.45) is 2.67. The van der Waals surface area contributed by atoms with Gasteiger partial charge in [-0.05, 0) is 44.5 Å². The zero-order chi connectivity index (χ0) is 24.7. The van der Waals surface area contributed by atoms with Crippen LogP contribution in [0.2, 0.25) is 0 Å². The van der Waals surface area contributed by atoms with Gasteiger partial charge in [0.05, 0.1) is 18.6 Å². The summed E-state index contributed by atoms with van der Waals surface area (Å²) in [7, 11) is 1.48. The van der Waals surface area contributed by atoms with Gasteiger partial charge in [-0.3, -0.25) is 25.2 Å². The van der Waals surface area contributed by atoms with Gasteiger partial charge in [0.1, 0.15) is 0 Å². The smallest absolute Gasteiger partial charge is 0.290 e. The van der Waals surface area contributed by atoms with E-state index in [0.29, 0.717) is 28.8 Å². The quantitative estimate of drug-likeness (QED) is 0.369. The molecule has 1 heterocycles. The van der Waals surface area contributed by atoms with Gasteiger partial charge in [-0.1, -0.05) is 38.0 Å². The SMILES string of the molecule is CCCCCn1nc(C(=O)NNC(=O)c2ccc(OC(C)C)c(OC)c2)c2ccccc2c1=O. The van der Waals surface area contributed by atoms with Gasteiger partial charge < -0.3 is 9.47 Å². The average molecular weight is 467 g/mol. The number of carbonyl (C=O) groups is 2. The van der Waals surface area contributed by atoms with Crippen molar-refractivity contribution in [3.05, 3.63) is 64.1 Å². The number of nitrogens with zero attached hydrogens (tertiary/aromatic N) is 2. The molecule has 2 amide bonds. The van der Waals surface area contributed by atoms with Crippen LogP contribution >= 0.6 is 0 Å². The standard InChI is InChI=1S/C25H30N4O5/c1-5-6-9-14-29-25(32)19-11-8-7-10-18(19)22(28-29)24(31)27-26-23(30)17-12-13-20(34-16(2)3)21(15-17)33-4/h7-8,10-13,15-16H,5-6,9,14H2,1-4H3,(H,26,30)(H,27,31). The molecule has 0 atom stereocenters. The van der Waals surface area contributed by atoms with Crippen LogP contribution in [0.15, 0.2) is 47.3 Å². The van der Waals surface area contributed by atoms with Crippen molar-refractivity contribution in [2.24, 2.45) is 0 Å². The molecular formula is C25H30N4O5. The van der Waals surface area contributed by atoms with Gasteiger partial charge in [-0.25, -0.2) is 4.68 Å². The van der Waals surface area contributed by atoms with Crippen LogP contribution in [0, 0.1) is 0 Å². The Bertz CT molecular complexity index is 1240. The summed E-state index contributed by atoms with van der Waals surface area (Å²) in [6.45, 7) is 6.26. The summed E-state index contributed by atoms with van der Waals surface area (Å²) in [5.41, 5.74) is 4.88. The minimum atomic E-state index is -0.625. The Kier molecular flexibility index (Phi) is 8.24. The number of aryl methyl sites for hydroxylation is 1. The second kappa shape index (κ2) is 11.3. The molecule has 180 valence electrons. The highest BCUT2D eigenvalue weighted by molar-refractivity contribution is 6.06. The van der Waals surface area contributed by atoms with E-state index in [0.717, 1.165) is 19.3 Å². The van der Waals surface area contributed by atoms with Gasteiger partial charge in [-0.15, -0.1) is 0 Å². The van der Waals surface area contributed by atoms with E-state index in [9.17, 15) is 14.4 Å². The summed E-state index contributed by atoms with van der Waals surface area (Å²) in [4.78, 5) is 38.4. The van der Waals surface area contributed by atoms with Crippen LogP contribution in [0.25, 0.3) is 10.8 Å². The number of amides is 2. The zero-order valence-electron chi connectivity index (χ0n) is 19.9. The van der Waals surface area contributed by atoms with Gasteiger partial charge in [-0.2, -0.15) is 5.10 Å². The molecule has 2 aromatic carbocycles. The predicted octanol–water partition coefficient (Wildman–Crippen LogP) is 3.46. The molecule has 9 nitrogen and oxygen atoms in total. The third-order valence-electron chi connectivity index (χ3n) is 5.13. The highest BCUT2D eigenvalue weighted by Crippen LogP contribution is 2.28. The first-order chi connectivity index (χ1) is 16.3. The second-order valence-corrected chi connectivity index (χ2v) is 8.07. The molecule has 0 aliphatic carbocycles. The maximum atomic E-state index is 12.9. The molecule has 0 bridgehead atoms. The normalized spacial score (nSPS) is 10.9. The Hall–Kier alpha value is -3.88. The Morgan fingerprint density at radius 3 is 2.38 bits per heavy atom. The number of hydrogen-bond acceptors (Lipinski definition) is 6. The molecule has 0 spiro atoms. The fourth-order valence-corrected chi connectivity index (χ4v) is 3.47. The van der Waals surface area contributed by atoms with Crippen molar-refractivity contribution in [2.75, 3.05) is 7.11 Å². The Balaban J connectivity index is 1.80. The highest BCUT2D eigenvalue weighted by atomic mass is 16.5. The van der Waals surface area contributed by atoms with Crippen molar-refractivity contribution in [1.82, 2.24) is 20.6 Å². The van der Waals surface area contributed by atoms with Crippen LogP contribution in [0.5, 0.6) is 11.5 Å². The number of rotatable bonds is 9. The molecule has 0 radical (unpaired) electrons. The first-order valence-corrected chi connectivity index (χ1v) is 11.3. The van der Waals surface area contributed by atoms with E-state index >= 15 is 0 Å². The number of hydrogen-bond donors (Lipinski definition) is 2. The largest absolute Gasteiger partial charge is 0.493 e. The molecule has 0 aliphatic heterocycles. The van der Waals surface area contributed by atoms with Gasteiger partial charge in [0.25, 0.3) is 17.4 Å². The Morgan fingerprint density at radius 1 is 1.00 bits per heavy atom. The molecule has 34 heavy (non-hydrogen) atoms. The van der Waals surface area contributed by atoms with Crippen molar-refractivity contribution in [3.8, 4) is 11.5 Å². The lowest BCUT2D eigenvalue weighted by molar-refractivity contribution is 0.0843. The molecule has 0 aliphatic rings. The number of nitrogens with one attached hydrogen (secondary N) is 2. The van der Waals surface area contributed by atoms with Gasteiger partial charge in [0.2, 0.25) is 0 Å². The van der Waals surface area contributed by atoms with Crippen molar-refractivity contribution >= 4 is 22.6 Å². The van der Waals surface area contributed by atoms with Crippen molar-refractivity contribution in [3.63, 3.8) is 0 Å². The monoisotopic (exact) mass is 466 g/mol. The summed E-state index contributed by atoms with van der Waals surface area (Å²) in [5, 5.41) is 5.11. The van der Waals surface area contributed by atoms with E-state index in [2.05, 4.69) is 22.9 Å². The lowest BCUT2D eigenvalue weighted by Gasteiger charge is -2.15. The average Bonchev–Trinajstić information content (AvgIpc) is 2.83. The van der Waals surface area contributed by atoms with Crippen LogP contribution in [0.1, 0.15) is 60.9 Å². The van der Waals surface area contributed by atoms with E-state index in [1.807, 2.05) is 13.8 Å². The minimum Gasteiger partial charge on any atom is -0.493 e. The van der Waals surface area contributed by atoms with E-state index < -0.39 is 11.8 Å². The molecule has 3 rings (SSSR count). The molecule has 3 aromatic rings. The molecule has 1 aromatic heterocycles. The molecule has 0 saturated carbocycles. The van der Waals surface area contributed by atoms with Crippen LogP contribution in [-0.2, 0) is 6.54 Å². The van der Waals surface area contributed by atoms with Crippen molar-refractivity contribution < 1.29 is 19.1 Å². The summed E-state index contributed by atoms with van der Waals surface area (Å²) in [6, 6.07) is 11.5. The first kappa shape index (κ1) is 24.8. The third-order valence-corrected chi connectivity index (χ3v) is 5.13. The number of ether oxygens (including phenoxy) is 2. The van der Waals surface area contributed by atoms with Gasteiger partial charge in [0, 0.05) is 17.5 Å². The maximum Gasteiger partial charge on any atom is 0.290 e. The molecule has 2 N–H and O–H groups in total. The minimum absolute atomic E-state index is 0.0552. The maximum absolute atomic E-state index is 12.9. The van der Waals surface area contributed by atoms with Crippen LogP contribution < -0.4 is 25.9 Å². The van der Waals surface area contributed by atoms with Gasteiger partial charge >= 0.3 is 0 Å². The second-order valence-electron chi connectivity index (χ2n) is 8.07. The predicted molar refractivity (Wildman–Crippen MR) is 129 cm³/mol. The Labute approximate surface area is 198 Å². The number of methoxy groups -OCH3 is 1. The zero-order valence-corrected chi connectivity index (χ0v) is 19.9. The molecule has 0 unspecified atom stereocenters. The fraction of sp³-hybridized carbons (Fsp3) is 0.360. The van der Waals surface area contributed by atoms with Crippen molar-refractivity contribution in [1.29, 1.82) is 0 Å². The first-order valence-electron chi connectivity index (χ1n) is 11.3. The number of carbonyl (C=O) groups excluding carboxylic acids is 2. The van der Waals surface area contributed by atoms with Gasteiger partial charge in [0.15, 0.2) is 17.2 Å². The van der Waals surface area contributed by atoms with E-state index in [-0.39, 0.29) is 22.9 Å². The number of unbranched alkanes of at least 4 members (excludes halogenated alkanes) is 2. The lowest BCUT2D eigenvalue weighted by Crippen LogP contribution is -2.42. The highest BCUT2D eigenvalue weighted by Gasteiger charge is 2.18. The summed E-state index contributed by atoms with van der Waals surface area (Å²) < 4.78 is 12.3. The number of hydrazine groups is 1. The molecule has 0 saturated heterocycles. The summed E-state index contributed by atoms with van der Waals surface area (Å²) in [5.74, 6) is -0.248. The van der Waals surface area contributed by atoms with Crippen LogP contribution in [-0.4, -0.2) is 34.8 Å². The fourth-order valence-electron chi connectivity index (χ4n) is 3.47. The number of aromatic nitrogens is 2. The van der Waals surface area contributed by atoms with E-state index in [1.165, 1.54) is 17.9 Å². The summed E-state index contributed by atoms with van der Waals surface area (Å²) >= 11 is 0. The molecular weight excluding hydrogens is 436 g/mol. The Morgan fingerprint density at radius 2 is 1.71 bits per heavy atom. The third kappa shape index (κ3) is 5.72. The van der Waals surface area contributed by atoms with Crippen molar-refractivity contribution in [2.45, 2.75) is 52.7 Å². The van der Waals surface area contributed by atoms with Crippen LogP contribution in [0.4, 0.5) is 0 Å². The molecule has 9 heteroatoms.